The lowest BCUT2D eigenvalue weighted by Gasteiger charge is -2.18. The van der Waals surface area contributed by atoms with E-state index >= 15 is 0 Å². The Morgan fingerprint density at radius 1 is 1.25 bits per heavy atom. The van der Waals surface area contributed by atoms with Gasteiger partial charge in [0.2, 0.25) is 5.91 Å². The van der Waals surface area contributed by atoms with Crippen LogP contribution in [0.1, 0.15) is 12.1 Å². The molecule has 1 aliphatic heterocycles. The highest BCUT2D eigenvalue weighted by Crippen LogP contribution is 2.21. The van der Waals surface area contributed by atoms with E-state index in [1.807, 2.05) is 64.2 Å². The number of fused-ring (bicyclic) bond motifs is 1. The Hall–Kier alpha value is -2.87. The Balaban J connectivity index is 1.36. The van der Waals surface area contributed by atoms with Gasteiger partial charge in [0.05, 0.1) is 18.3 Å². The molecule has 0 bridgehead atoms. The quantitative estimate of drug-likeness (QED) is 0.482. The maximum Gasteiger partial charge on any atom is 0.229 e. The lowest BCUT2D eigenvalue weighted by molar-refractivity contribution is -0.117. The smallest absolute Gasteiger partial charge is 0.229 e. The van der Waals surface area contributed by atoms with E-state index in [2.05, 4.69) is 36.5 Å². The molecule has 0 aliphatic carbocycles. The molecule has 8 heteroatoms. The minimum Gasteiger partial charge on any atom is -0.351 e. The number of carbonyl (C=O) groups excluding carboxylic acids is 1. The second-order valence-corrected chi connectivity index (χ2v) is 7.57. The number of carbonyl (C=O) groups is 1. The fourth-order valence-electron chi connectivity index (χ4n) is 3.33. The molecular formula is C20H21BrN6O. The number of amides is 1. The molecule has 1 unspecified atom stereocenters. The van der Waals surface area contributed by atoms with Crippen molar-refractivity contribution in [2.24, 2.45) is 4.99 Å². The number of nitrogens with zero attached hydrogens (tertiary/aromatic N) is 4. The van der Waals surface area contributed by atoms with E-state index in [0.717, 1.165) is 21.5 Å². The summed E-state index contributed by atoms with van der Waals surface area (Å²) >= 11 is 3.47. The second-order valence-electron chi connectivity index (χ2n) is 6.66. The molecule has 7 nitrogen and oxygen atoms in total. The topological polar surface area (TPSA) is 74.0 Å². The number of aliphatic imine (C=N–C) groups is 1. The van der Waals surface area contributed by atoms with Crippen LogP contribution in [0.4, 0.5) is 5.69 Å². The molecule has 0 spiro atoms. The number of nitrogens with one attached hydrogen (secondary N) is 2. The molecule has 0 saturated carbocycles. The van der Waals surface area contributed by atoms with Gasteiger partial charge in [-0.15, -0.1) is 0 Å². The molecular weight excluding hydrogens is 420 g/mol. The number of hydrogen-bond acceptors (Lipinski definition) is 3. The SMILES string of the molecule is CN=C(NCc1cn2cc(Br)ccc2n1)NC1CC(=O)N(c2ccccc2)C1. The van der Waals surface area contributed by atoms with Crippen molar-refractivity contribution in [3.8, 4) is 0 Å². The van der Waals surface area contributed by atoms with Crippen molar-refractivity contribution < 1.29 is 4.79 Å². The summed E-state index contributed by atoms with van der Waals surface area (Å²) in [6, 6.07) is 13.7. The number of guanidine groups is 1. The molecule has 1 aromatic carbocycles. The van der Waals surface area contributed by atoms with Gasteiger partial charge < -0.3 is 19.9 Å². The zero-order valence-corrected chi connectivity index (χ0v) is 17.1. The van der Waals surface area contributed by atoms with Crippen LogP contribution >= 0.6 is 15.9 Å². The zero-order valence-electron chi connectivity index (χ0n) is 15.5. The van der Waals surface area contributed by atoms with E-state index < -0.39 is 0 Å². The molecule has 1 aliphatic rings. The van der Waals surface area contributed by atoms with Gasteiger partial charge >= 0.3 is 0 Å². The molecule has 2 N–H and O–H groups in total. The highest BCUT2D eigenvalue weighted by atomic mass is 79.9. The van der Waals surface area contributed by atoms with Crippen LogP contribution in [0, 0.1) is 0 Å². The lowest BCUT2D eigenvalue weighted by atomic mass is 10.2. The standard InChI is InChI=1S/C20H21BrN6O/c1-22-20(23-10-16-12-26-11-14(21)7-8-18(26)24-16)25-15-9-19(28)27(13-15)17-5-3-2-4-6-17/h2-8,11-12,15H,9-10,13H2,1H3,(H2,22,23,25). The third kappa shape index (κ3) is 4.01. The number of para-hydroxylation sites is 1. The van der Waals surface area contributed by atoms with Gasteiger partial charge in [-0.1, -0.05) is 18.2 Å². The number of halogens is 1. The summed E-state index contributed by atoms with van der Waals surface area (Å²) in [5, 5.41) is 6.62. The number of benzene rings is 1. The average Bonchev–Trinajstić information content (AvgIpc) is 3.28. The molecule has 1 saturated heterocycles. The largest absolute Gasteiger partial charge is 0.351 e. The molecule has 144 valence electrons. The van der Waals surface area contributed by atoms with Gasteiger partial charge in [-0.05, 0) is 40.2 Å². The molecule has 2 aromatic heterocycles. The van der Waals surface area contributed by atoms with Crippen molar-refractivity contribution in [3.63, 3.8) is 0 Å². The normalized spacial score (nSPS) is 17.4. The van der Waals surface area contributed by atoms with E-state index in [1.165, 1.54) is 0 Å². The van der Waals surface area contributed by atoms with Crippen molar-refractivity contribution in [3.05, 3.63) is 65.0 Å². The van der Waals surface area contributed by atoms with Crippen molar-refractivity contribution >= 4 is 39.1 Å². The van der Waals surface area contributed by atoms with Gasteiger partial charge in [-0.2, -0.15) is 0 Å². The van der Waals surface area contributed by atoms with Gasteiger partial charge in [0.1, 0.15) is 5.65 Å². The number of aromatic nitrogens is 2. The Morgan fingerprint density at radius 3 is 2.86 bits per heavy atom. The summed E-state index contributed by atoms with van der Waals surface area (Å²) < 4.78 is 2.98. The maximum atomic E-state index is 12.4. The molecule has 4 rings (SSSR count). The minimum atomic E-state index is 0.0101. The Morgan fingerprint density at radius 2 is 2.07 bits per heavy atom. The number of pyridine rings is 1. The van der Waals surface area contributed by atoms with Gasteiger partial charge in [0, 0.05) is 42.6 Å². The molecule has 3 aromatic rings. The van der Waals surface area contributed by atoms with Crippen LogP contribution in [0.25, 0.3) is 5.65 Å². The van der Waals surface area contributed by atoms with E-state index in [4.69, 9.17) is 0 Å². The van der Waals surface area contributed by atoms with Crippen LogP contribution in [-0.4, -0.2) is 40.9 Å². The highest BCUT2D eigenvalue weighted by Gasteiger charge is 2.31. The maximum absolute atomic E-state index is 12.4. The average molecular weight is 441 g/mol. The third-order valence-corrected chi connectivity index (χ3v) is 5.13. The highest BCUT2D eigenvalue weighted by molar-refractivity contribution is 9.10. The van der Waals surface area contributed by atoms with Crippen LogP contribution in [0.15, 0.2) is 64.3 Å². The molecule has 28 heavy (non-hydrogen) atoms. The number of hydrogen-bond donors (Lipinski definition) is 2. The Kier molecular flexibility index (Phi) is 5.29. The summed E-state index contributed by atoms with van der Waals surface area (Å²) in [5.74, 6) is 0.774. The van der Waals surface area contributed by atoms with Gasteiger partial charge in [-0.25, -0.2) is 4.98 Å². The zero-order chi connectivity index (χ0) is 19.5. The monoisotopic (exact) mass is 440 g/mol. The van der Waals surface area contributed by atoms with Gasteiger partial charge in [-0.3, -0.25) is 9.79 Å². The summed E-state index contributed by atoms with van der Waals surface area (Å²) in [5.41, 5.74) is 2.73. The van der Waals surface area contributed by atoms with E-state index in [0.29, 0.717) is 25.5 Å². The Labute approximate surface area is 171 Å². The Bertz CT molecular complexity index is 1020. The van der Waals surface area contributed by atoms with E-state index in [-0.39, 0.29) is 11.9 Å². The predicted octanol–water partition coefficient (Wildman–Crippen LogP) is 2.57. The molecule has 1 fully saturated rings. The molecule has 0 radical (unpaired) electrons. The molecule has 3 heterocycles. The summed E-state index contributed by atoms with van der Waals surface area (Å²) in [6.45, 7) is 1.16. The molecule has 1 atom stereocenters. The second kappa shape index (κ2) is 8.02. The van der Waals surface area contributed by atoms with Crippen LogP contribution in [0.3, 0.4) is 0 Å². The fraction of sp³-hybridized carbons (Fsp3) is 0.250. The van der Waals surface area contributed by atoms with Crippen LogP contribution in [0.2, 0.25) is 0 Å². The summed E-state index contributed by atoms with van der Waals surface area (Å²) in [7, 11) is 1.72. The third-order valence-electron chi connectivity index (χ3n) is 4.66. The van der Waals surface area contributed by atoms with Crippen molar-refractivity contribution in [1.82, 2.24) is 20.0 Å². The van der Waals surface area contributed by atoms with Crippen LogP contribution in [0.5, 0.6) is 0 Å². The first-order chi connectivity index (χ1) is 13.6. The summed E-state index contributed by atoms with van der Waals surface area (Å²) in [6.07, 6.45) is 4.40. The van der Waals surface area contributed by atoms with Gasteiger partial charge in [0.15, 0.2) is 5.96 Å². The van der Waals surface area contributed by atoms with Gasteiger partial charge in [0.25, 0.3) is 0 Å². The number of rotatable bonds is 4. The van der Waals surface area contributed by atoms with Crippen LogP contribution < -0.4 is 15.5 Å². The predicted molar refractivity (Wildman–Crippen MR) is 113 cm³/mol. The summed E-state index contributed by atoms with van der Waals surface area (Å²) in [4.78, 5) is 23.1. The minimum absolute atomic E-state index is 0.0101. The van der Waals surface area contributed by atoms with E-state index in [9.17, 15) is 4.79 Å². The first-order valence-electron chi connectivity index (χ1n) is 9.08. The first kappa shape index (κ1) is 18.5. The van der Waals surface area contributed by atoms with Crippen molar-refractivity contribution in [1.29, 1.82) is 0 Å². The molecule has 1 amide bonds. The van der Waals surface area contributed by atoms with Crippen molar-refractivity contribution in [2.75, 3.05) is 18.5 Å². The number of imidazole rings is 1. The fourth-order valence-corrected chi connectivity index (χ4v) is 3.68. The van der Waals surface area contributed by atoms with Crippen LogP contribution in [-0.2, 0) is 11.3 Å². The number of anilines is 1. The van der Waals surface area contributed by atoms with E-state index in [1.54, 1.807) is 7.05 Å². The van der Waals surface area contributed by atoms with Crippen molar-refractivity contribution in [2.45, 2.75) is 19.0 Å². The lowest BCUT2D eigenvalue weighted by Crippen LogP contribution is -2.44. The first-order valence-corrected chi connectivity index (χ1v) is 9.87.